The number of hydrogen-bond acceptors (Lipinski definition) is 5. The SMILES string of the molecule is COc1ccc(C(=O)N2CCC(C(C)N)CC2)c(OC)c1OC.Cl. The number of amides is 1. The van der Waals surface area contributed by atoms with E-state index in [-0.39, 0.29) is 24.4 Å². The summed E-state index contributed by atoms with van der Waals surface area (Å²) < 4.78 is 16.0. The molecule has 2 rings (SSSR count). The van der Waals surface area contributed by atoms with Crippen LogP contribution in [0.5, 0.6) is 17.2 Å². The first-order valence-corrected chi connectivity index (χ1v) is 7.87. The number of ether oxygens (including phenoxy) is 3. The number of carbonyl (C=O) groups is 1. The Morgan fingerprint density at radius 1 is 1.12 bits per heavy atom. The first-order valence-electron chi connectivity index (χ1n) is 7.87. The molecule has 6 nitrogen and oxygen atoms in total. The lowest BCUT2D eigenvalue weighted by Gasteiger charge is -2.34. The van der Waals surface area contributed by atoms with E-state index in [1.165, 1.54) is 14.2 Å². The first kappa shape index (κ1) is 20.4. The maximum Gasteiger partial charge on any atom is 0.257 e. The normalized spacial score (nSPS) is 16.1. The summed E-state index contributed by atoms with van der Waals surface area (Å²) in [6.45, 7) is 3.45. The Labute approximate surface area is 149 Å². The Kier molecular flexibility index (Phi) is 7.63. The fourth-order valence-corrected chi connectivity index (χ4v) is 3.07. The summed E-state index contributed by atoms with van der Waals surface area (Å²) in [6.07, 6.45) is 1.86. The standard InChI is InChI=1S/C17H26N2O4.ClH/c1-11(18)12-7-9-19(10-8-12)17(20)13-5-6-14(21-2)16(23-4)15(13)22-3;/h5-6,11-12H,7-10,18H2,1-4H3;1H. The van der Waals surface area contributed by atoms with Gasteiger partial charge >= 0.3 is 0 Å². The summed E-state index contributed by atoms with van der Waals surface area (Å²) >= 11 is 0. The molecule has 1 amide bonds. The van der Waals surface area contributed by atoms with Crippen LogP contribution >= 0.6 is 12.4 Å². The summed E-state index contributed by atoms with van der Waals surface area (Å²) in [5, 5.41) is 0. The van der Waals surface area contributed by atoms with Crippen LogP contribution in [0.1, 0.15) is 30.1 Å². The van der Waals surface area contributed by atoms with Crippen LogP contribution < -0.4 is 19.9 Å². The van der Waals surface area contributed by atoms with Crippen LogP contribution in [-0.4, -0.2) is 51.3 Å². The van der Waals surface area contributed by atoms with Crippen molar-refractivity contribution < 1.29 is 19.0 Å². The van der Waals surface area contributed by atoms with Crippen molar-refractivity contribution in [3.05, 3.63) is 17.7 Å². The molecule has 0 aromatic heterocycles. The zero-order valence-electron chi connectivity index (χ0n) is 14.7. The van der Waals surface area contributed by atoms with Crippen LogP contribution in [0.15, 0.2) is 12.1 Å². The van der Waals surface area contributed by atoms with E-state index in [1.807, 2.05) is 11.8 Å². The second-order valence-electron chi connectivity index (χ2n) is 5.87. The van der Waals surface area contributed by atoms with E-state index < -0.39 is 0 Å². The lowest BCUT2D eigenvalue weighted by Crippen LogP contribution is -2.42. The molecule has 1 aromatic carbocycles. The molecule has 2 N–H and O–H groups in total. The molecule has 7 heteroatoms. The van der Waals surface area contributed by atoms with E-state index in [0.29, 0.717) is 41.8 Å². The van der Waals surface area contributed by atoms with Crippen molar-refractivity contribution in [2.45, 2.75) is 25.8 Å². The highest BCUT2D eigenvalue weighted by Crippen LogP contribution is 2.40. The van der Waals surface area contributed by atoms with Gasteiger partial charge in [-0.2, -0.15) is 0 Å². The molecule has 1 aliphatic rings. The summed E-state index contributed by atoms with van der Waals surface area (Å²) in [4.78, 5) is 14.7. The van der Waals surface area contributed by atoms with Gasteiger partial charge in [-0.25, -0.2) is 0 Å². The van der Waals surface area contributed by atoms with Crippen LogP contribution in [0.4, 0.5) is 0 Å². The van der Waals surface area contributed by atoms with Gasteiger partial charge in [-0.05, 0) is 37.8 Å². The number of nitrogens with zero attached hydrogens (tertiary/aromatic N) is 1. The summed E-state index contributed by atoms with van der Waals surface area (Å²) in [5.74, 6) is 1.81. The smallest absolute Gasteiger partial charge is 0.257 e. The molecule has 0 radical (unpaired) electrons. The third-order valence-electron chi connectivity index (χ3n) is 4.50. The molecule has 1 fully saturated rings. The molecule has 0 bridgehead atoms. The Morgan fingerprint density at radius 2 is 1.71 bits per heavy atom. The quantitative estimate of drug-likeness (QED) is 0.874. The van der Waals surface area contributed by atoms with Gasteiger partial charge in [-0.1, -0.05) is 0 Å². The molecule has 1 unspecified atom stereocenters. The zero-order valence-corrected chi connectivity index (χ0v) is 15.5. The number of rotatable bonds is 5. The van der Waals surface area contributed by atoms with Crippen molar-refractivity contribution in [2.75, 3.05) is 34.4 Å². The Balaban J connectivity index is 0.00000288. The molecule has 0 saturated carbocycles. The molecule has 1 saturated heterocycles. The molecule has 0 spiro atoms. The van der Waals surface area contributed by atoms with E-state index in [1.54, 1.807) is 19.2 Å². The Hall–Kier alpha value is -1.66. The van der Waals surface area contributed by atoms with Crippen molar-refractivity contribution in [3.8, 4) is 17.2 Å². The molecule has 1 heterocycles. The van der Waals surface area contributed by atoms with Crippen LogP contribution in [0.2, 0.25) is 0 Å². The van der Waals surface area contributed by atoms with Gasteiger partial charge in [0.15, 0.2) is 11.5 Å². The molecule has 136 valence electrons. The van der Waals surface area contributed by atoms with E-state index in [0.717, 1.165) is 12.8 Å². The van der Waals surface area contributed by atoms with Crippen LogP contribution in [-0.2, 0) is 0 Å². The van der Waals surface area contributed by atoms with Crippen LogP contribution in [0.25, 0.3) is 0 Å². The highest BCUT2D eigenvalue weighted by atomic mass is 35.5. The molecule has 1 atom stereocenters. The highest BCUT2D eigenvalue weighted by Gasteiger charge is 2.28. The van der Waals surface area contributed by atoms with Crippen molar-refractivity contribution in [2.24, 2.45) is 11.7 Å². The number of methoxy groups -OCH3 is 3. The number of likely N-dealkylation sites (tertiary alicyclic amines) is 1. The topological polar surface area (TPSA) is 74.0 Å². The monoisotopic (exact) mass is 358 g/mol. The number of nitrogens with two attached hydrogens (primary N) is 1. The van der Waals surface area contributed by atoms with Gasteiger partial charge in [0.25, 0.3) is 5.91 Å². The maximum absolute atomic E-state index is 12.8. The van der Waals surface area contributed by atoms with E-state index in [2.05, 4.69) is 0 Å². The predicted octanol–water partition coefficient (Wildman–Crippen LogP) is 2.33. The van der Waals surface area contributed by atoms with Crippen molar-refractivity contribution in [3.63, 3.8) is 0 Å². The fraction of sp³-hybridized carbons (Fsp3) is 0.588. The minimum atomic E-state index is -0.0501. The second kappa shape index (κ2) is 8.99. The van der Waals surface area contributed by atoms with Crippen molar-refractivity contribution in [1.82, 2.24) is 4.90 Å². The largest absolute Gasteiger partial charge is 0.493 e. The third-order valence-corrected chi connectivity index (χ3v) is 4.50. The lowest BCUT2D eigenvalue weighted by molar-refractivity contribution is 0.0677. The average molecular weight is 359 g/mol. The van der Waals surface area contributed by atoms with Gasteiger partial charge in [0.05, 0.1) is 26.9 Å². The second-order valence-corrected chi connectivity index (χ2v) is 5.87. The number of carbonyl (C=O) groups excluding carboxylic acids is 1. The molecule has 1 aliphatic heterocycles. The average Bonchev–Trinajstić information content (AvgIpc) is 2.59. The minimum absolute atomic E-state index is 0. The number of piperidine rings is 1. The Bertz CT molecular complexity index is 558. The number of benzene rings is 1. The molecule has 1 aromatic rings. The summed E-state index contributed by atoms with van der Waals surface area (Å²) in [5.41, 5.74) is 6.45. The number of halogens is 1. The van der Waals surface area contributed by atoms with Crippen molar-refractivity contribution in [1.29, 1.82) is 0 Å². The van der Waals surface area contributed by atoms with E-state index >= 15 is 0 Å². The van der Waals surface area contributed by atoms with Gasteiger partial charge < -0.3 is 24.8 Å². The van der Waals surface area contributed by atoms with Gasteiger partial charge in [-0.3, -0.25) is 4.79 Å². The molecular weight excluding hydrogens is 332 g/mol. The third kappa shape index (κ3) is 4.05. The minimum Gasteiger partial charge on any atom is -0.493 e. The van der Waals surface area contributed by atoms with Crippen molar-refractivity contribution >= 4 is 18.3 Å². The first-order chi connectivity index (χ1) is 11.0. The molecule has 0 aliphatic carbocycles. The fourth-order valence-electron chi connectivity index (χ4n) is 3.07. The van der Waals surface area contributed by atoms with Gasteiger partial charge in [0, 0.05) is 19.1 Å². The molecule has 24 heavy (non-hydrogen) atoms. The highest BCUT2D eigenvalue weighted by molar-refractivity contribution is 5.98. The summed E-state index contributed by atoms with van der Waals surface area (Å²) in [7, 11) is 4.61. The lowest BCUT2D eigenvalue weighted by atomic mass is 9.90. The maximum atomic E-state index is 12.8. The Morgan fingerprint density at radius 3 is 2.17 bits per heavy atom. The van der Waals surface area contributed by atoms with Crippen LogP contribution in [0.3, 0.4) is 0 Å². The number of hydrogen-bond donors (Lipinski definition) is 1. The van der Waals surface area contributed by atoms with Crippen LogP contribution in [0, 0.1) is 5.92 Å². The van der Waals surface area contributed by atoms with Gasteiger partial charge in [-0.15, -0.1) is 12.4 Å². The van der Waals surface area contributed by atoms with E-state index in [9.17, 15) is 4.79 Å². The zero-order chi connectivity index (χ0) is 17.0. The summed E-state index contributed by atoms with van der Waals surface area (Å²) in [6, 6.07) is 3.62. The molecular formula is C17H27ClN2O4. The van der Waals surface area contributed by atoms with Gasteiger partial charge in [0.1, 0.15) is 0 Å². The van der Waals surface area contributed by atoms with Gasteiger partial charge in [0.2, 0.25) is 5.75 Å². The van der Waals surface area contributed by atoms with E-state index in [4.69, 9.17) is 19.9 Å². The predicted molar refractivity (Wildman–Crippen MR) is 95.6 cm³/mol.